The van der Waals surface area contributed by atoms with Crippen LogP contribution in [0.2, 0.25) is 0 Å². The van der Waals surface area contributed by atoms with Crippen molar-refractivity contribution < 1.29 is 0 Å². The van der Waals surface area contributed by atoms with Gasteiger partial charge < -0.3 is 5.32 Å². The molecule has 15 heavy (non-hydrogen) atoms. The van der Waals surface area contributed by atoms with Crippen molar-refractivity contribution in [3.63, 3.8) is 0 Å². The molecule has 84 valence electrons. The maximum absolute atomic E-state index is 4.31. The molecule has 0 radical (unpaired) electrons. The van der Waals surface area contributed by atoms with E-state index in [-0.39, 0.29) is 0 Å². The van der Waals surface area contributed by atoms with Crippen molar-refractivity contribution >= 4 is 11.3 Å². The third-order valence-electron chi connectivity index (χ3n) is 2.40. The lowest BCUT2D eigenvalue weighted by molar-refractivity contribution is 0.507. The Morgan fingerprint density at radius 2 is 2.47 bits per heavy atom. The first kappa shape index (κ1) is 12.4. The maximum Gasteiger partial charge on any atom is 0.0798 e. The third-order valence-corrected chi connectivity index (χ3v) is 3.44. The summed E-state index contributed by atoms with van der Waals surface area (Å²) in [6.07, 6.45) is 5.32. The van der Waals surface area contributed by atoms with Crippen molar-refractivity contribution in [1.29, 1.82) is 0 Å². The molecule has 1 heterocycles. The van der Waals surface area contributed by atoms with Crippen LogP contribution in [-0.2, 0) is 0 Å². The summed E-state index contributed by atoms with van der Waals surface area (Å²) in [5.41, 5.74) is 3.09. The number of thiazole rings is 1. The van der Waals surface area contributed by atoms with Crippen LogP contribution in [0, 0.1) is 6.92 Å². The van der Waals surface area contributed by atoms with Crippen molar-refractivity contribution in [3.8, 4) is 0 Å². The molecule has 0 aliphatic carbocycles. The van der Waals surface area contributed by atoms with Crippen LogP contribution in [0.25, 0.3) is 0 Å². The summed E-state index contributed by atoms with van der Waals surface area (Å²) in [6.45, 7) is 9.12. The topological polar surface area (TPSA) is 24.9 Å². The fraction of sp³-hybridized carbons (Fsp3) is 0.583. The highest BCUT2D eigenvalue weighted by Crippen LogP contribution is 2.25. The molecule has 1 unspecified atom stereocenters. The number of rotatable bonds is 7. The molecule has 0 aromatic carbocycles. The van der Waals surface area contributed by atoms with E-state index in [4.69, 9.17) is 0 Å². The molecule has 0 spiro atoms. The number of aromatic nitrogens is 1. The minimum Gasteiger partial charge on any atom is -0.309 e. The molecular weight excluding hydrogens is 204 g/mol. The lowest BCUT2D eigenvalue weighted by atomic mass is 10.1. The number of allylic oxidation sites excluding steroid dienone is 1. The molecular formula is C12H20N2S. The van der Waals surface area contributed by atoms with E-state index >= 15 is 0 Å². The second-order valence-electron chi connectivity index (χ2n) is 3.67. The highest BCUT2D eigenvalue weighted by atomic mass is 32.1. The van der Waals surface area contributed by atoms with E-state index in [1.165, 1.54) is 11.3 Å². The molecule has 0 bridgehead atoms. The Hall–Kier alpha value is -0.670. The molecule has 1 N–H and O–H groups in total. The normalized spacial score (nSPS) is 12.7. The van der Waals surface area contributed by atoms with Crippen LogP contribution >= 0.6 is 11.3 Å². The molecule has 0 saturated carbocycles. The van der Waals surface area contributed by atoms with Gasteiger partial charge in [-0.1, -0.05) is 13.0 Å². The van der Waals surface area contributed by atoms with Gasteiger partial charge in [-0.3, -0.25) is 0 Å². The monoisotopic (exact) mass is 224 g/mol. The molecule has 1 rings (SSSR count). The predicted molar refractivity (Wildman–Crippen MR) is 67.3 cm³/mol. The largest absolute Gasteiger partial charge is 0.309 e. The highest BCUT2D eigenvalue weighted by molar-refractivity contribution is 7.09. The number of hydrogen-bond donors (Lipinski definition) is 1. The number of nitrogens with one attached hydrogen (secondary N) is 1. The minimum atomic E-state index is 0.454. The standard InChI is InChI=1S/C12H20N2S/c1-4-6-7-11(13-8-5-2)12-10(3)14-9-15-12/h4,9,11,13H,1,5-8H2,2-3H3. The highest BCUT2D eigenvalue weighted by Gasteiger charge is 2.14. The van der Waals surface area contributed by atoms with Crippen LogP contribution in [0.5, 0.6) is 0 Å². The van der Waals surface area contributed by atoms with Gasteiger partial charge in [0, 0.05) is 10.9 Å². The fourth-order valence-electron chi connectivity index (χ4n) is 1.57. The second kappa shape index (κ2) is 6.75. The fourth-order valence-corrected chi connectivity index (χ4v) is 2.49. The molecule has 0 saturated heterocycles. The molecule has 1 aromatic heterocycles. The zero-order valence-corrected chi connectivity index (χ0v) is 10.4. The van der Waals surface area contributed by atoms with Gasteiger partial charge in [0.1, 0.15) is 0 Å². The third kappa shape index (κ3) is 3.76. The van der Waals surface area contributed by atoms with Gasteiger partial charge in [0.15, 0.2) is 0 Å². The summed E-state index contributed by atoms with van der Waals surface area (Å²) in [6, 6.07) is 0.454. The van der Waals surface area contributed by atoms with E-state index in [1.807, 2.05) is 11.6 Å². The summed E-state index contributed by atoms with van der Waals surface area (Å²) in [5, 5.41) is 3.57. The SMILES string of the molecule is C=CCCC(NCCC)c1scnc1C. The Morgan fingerprint density at radius 3 is 3.00 bits per heavy atom. The van der Waals surface area contributed by atoms with Gasteiger partial charge >= 0.3 is 0 Å². The van der Waals surface area contributed by atoms with E-state index in [0.717, 1.165) is 25.1 Å². The first-order valence-electron chi connectivity index (χ1n) is 5.53. The molecule has 0 aliphatic heterocycles. The Kier molecular flexibility index (Phi) is 5.58. The molecule has 1 atom stereocenters. The molecule has 0 aliphatic rings. The summed E-state index contributed by atoms with van der Waals surface area (Å²) < 4.78 is 0. The molecule has 2 nitrogen and oxygen atoms in total. The quantitative estimate of drug-likeness (QED) is 0.717. The van der Waals surface area contributed by atoms with Gasteiger partial charge in [0.05, 0.1) is 11.2 Å². The molecule has 0 fully saturated rings. The summed E-state index contributed by atoms with van der Waals surface area (Å²) >= 11 is 1.75. The predicted octanol–water partition coefficient (Wildman–Crippen LogP) is 3.46. The van der Waals surface area contributed by atoms with Crippen LogP contribution in [0.15, 0.2) is 18.2 Å². The van der Waals surface area contributed by atoms with Gasteiger partial charge in [-0.2, -0.15) is 0 Å². The van der Waals surface area contributed by atoms with E-state index in [9.17, 15) is 0 Å². The van der Waals surface area contributed by atoms with Gasteiger partial charge in [0.25, 0.3) is 0 Å². The second-order valence-corrected chi connectivity index (χ2v) is 4.56. The van der Waals surface area contributed by atoms with Crippen LogP contribution in [0.3, 0.4) is 0 Å². The summed E-state index contributed by atoms with van der Waals surface area (Å²) in [4.78, 5) is 5.69. The van der Waals surface area contributed by atoms with Crippen molar-refractivity contribution in [1.82, 2.24) is 10.3 Å². The summed E-state index contributed by atoms with van der Waals surface area (Å²) in [5.74, 6) is 0. The van der Waals surface area contributed by atoms with Crippen LogP contribution in [0.4, 0.5) is 0 Å². The zero-order chi connectivity index (χ0) is 11.1. The number of aryl methyl sites for hydroxylation is 1. The number of nitrogens with zero attached hydrogens (tertiary/aromatic N) is 1. The van der Waals surface area contributed by atoms with Crippen molar-refractivity contribution in [2.75, 3.05) is 6.54 Å². The van der Waals surface area contributed by atoms with Gasteiger partial charge in [-0.05, 0) is 32.7 Å². The van der Waals surface area contributed by atoms with E-state index < -0.39 is 0 Å². The van der Waals surface area contributed by atoms with E-state index in [2.05, 4.69) is 30.7 Å². The minimum absolute atomic E-state index is 0.454. The Morgan fingerprint density at radius 1 is 1.67 bits per heavy atom. The van der Waals surface area contributed by atoms with Crippen LogP contribution in [0.1, 0.15) is 42.8 Å². The van der Waals surface area contributed by atoms with Crippen molar-refractivity contribution in [2.24, 2.45) is 0 Å². The Labute approximate surface area is 96.4 Å². The maximum atomic E-state index is 4.31. The Bertz CT molecular complexity index is 294. The lowest BCUT2D eigenvalue weighted by Crippen LogP contribution is -2.21. The molecule has 1 aromatic rings. The van der Waals surface area contributed by atoms with Crippen molar-refractivity contribution in [2.45, 2.75) is 39.2 Å². The van der Waals surface area contributed by atoms with E-state index in [0.29, 0.717) is 6.04 Å². The van der Waals surface area contributed by atoms with Crippen molar-refractivity contribution in [3.05, 3.63) is 28.7 Å². The Balaban J connectivity index is 2.62. The molecule has 0 amide bonds. The first-order valence-corrected chi connectivity index (χ1v) is 6.41. The summed E-state index contributed by atoms with van der Waals surface area (Å²) in [7, 11) is 0. The lowest BCUT2D eigenvalue weighted by Gasteiger charge is -2.16. The van der Waals surface area contributed by atoms with Crippen LogP contribution in [-0.4, -0.2) is 11.5 Å². The molecule has 3 heteroatoms. The van der Waals surface area contributed by atoms with Gasteiger partial charge in [0.2, 0.25) is 0 Å². The van der Waals surface area contributed by atoms with E-state index in [1.54, 1.807) is 11.3 Å². The average Bonchev–Trinajstić information content (AvgIpc) is 2.65. The average molecular weight is 224 g/mol. The van der Waals surface area contributed by atoms with Crippen LogP contribution < -0.4 is 5.32 Å². The zero-order valence-electron chi connectivity index (χ0n) is 9.62. The van der Waals surface area contributed by atoms with Gasteiger partial charge in [-0.25, -0.2) is 4.98 Å². The first-order chi connectivity index (χ1) is 7.29. The number of hydrogen-bond acceptors (Lipinski definition) is 3. The smallest absolute Gasteiger partial charge is 0.0798 e. The van der Waals surface area contributed by atoms with Gasteiger partial charge in [-0.15, -0.1) is 17.9 Å².